The molecule has 2 fully saturated rings. The molecule has 2 aromatic rings. The molecule has 2 unspecified atom stereocenters. The summed E-state index contributed by atoms with van der Waals surface area (Å²) in [5, 5.41) is 0. The number of amides is 1. The fraction of sp³-hybridized carbons (Fsp3) is 0.542. The van der Waals surface area contributed by atoms with Gasteiger partial charge >= 0.3 is 0 Å². The minimum absolute atomic E-state index is 0.260. The van der Waals surface area contributed by atoms with E-state index in [9.17, 15) is 4.79 Å². The third-order valence-electron chi connectivity index (χ3n) is 6.34. The maximum absolute atomic E-state index is 12.7. The fourth-order valence-corrected chi connectivity index (χ4v) is 4.24. The SMILES string of the molecule is Cc1ccccc1CN1CCCN(C(=O)CCc2ccc(C3CC3C)o2)CC1. The third kappa shape index (κ3) is 4.67. The molecule has 0 spiro atoms. The van der Waals surface area contributed by atoms with Gasteiger partial charge < -0.3 is 9.32 Å². The van der Waals surface area contributed by atoms with Gasteiger partial charge in [0.05, 0.1) is 0 Å². The van der Waals surface area contributed by atoms with E-state index in [1.54, 1.807) is 0 Å². The summed E-state index contributed by atoms with van der Waals surface area (Å²) in [6, 6.07) is 12.7. The molecule has 1 aliphatic carbocycles. The molecule has 4 nitrogen and oxygen atoms in total. The van der Waals surface area contributed by atoms with Crippen LogP contribution < -0.4 is 0 Å². The van der Waals surface area contributed by atoms with E-state index in [0.29, 0.717) is 18.8 Å². The summed E-state index contributed by atoms with van der Waals surface area (Å²) in [4.78, 5) is 17.2. The van der Waals surface area contributed by atoms with Gasteiger partial charge in [-0.1, -0.05) is 31.2 Å². The van der Waals surface area contributed by atoms with Gasteiger partial charge in [-0.3, -0.25) is 9.69 Å². The summed E-state index contributed by atoms with van der Waals surface area (Å²) in [5.41, 5.74) is 2.74. The first-order valence-corrected chi connectivity index (χ1v) is 10.7. The van der Waals surface area contributed by atoms with Gasteiger partial charge in [0.1, 0.15) is 11.5 Å². The zero-order chi connectivity index (χ0) is 19.5. The molecule has 150 valence electrons. The molecular weight excluding hydrogens is 348 g/mol. The highest BCUT2D eigenvalue weighted by Gasteiger charge is 2.36. The van der Waals surface area contributed by atoms with Crippen molar-refractivity contribution in [1.82, 2.24) is 9.80 Å². The molecule has 4 heteroatoms. The summed E-state index contributed by atoms with van der Waals surface area (Å²) in [5.74, 6) is 3.68. The second-order valence-corrected chi connectivity index (χ2v) is 8.56. The number of nitrogens with zero attached hydrogens (tertiary/aromatic N) is 2. The van der Waals surface area contributed by atoms with Crippen molar-refractivity contribution < 1.29 is 9.21 Å². The molecule has 0 bridgehead atoms. The number of carbonyl (C=O) groups excluding carboxylic acids is 1. The van der Waals surface area contributed by atoms with Gasteiger partial charge in [0.2, 0.25) is 5.91 Å². The fourth-order valence-electron chi connectivity index (χ4n) is 4.24. The van der Waals surface area contributed by atoms with E-state index >= 15 is 0 Å². The van der Waals surface area contributed by atoms with Crippen molar-refractivity contribution in [1.29, 1.82) is 0 Å². The van der Waals surface area contributed by atoms with Crippen LogP contribution in [-0.4, -0.2) is 41.9 Å². The van der Waals surface area contributed by atoms with E-state index in [1.165, 1.54) is 17.5 Å². The summed E-state index contributed by atoms with van der Waals surface area (Å²) < 4.78 is 5.96. The first-order chi connectivity index (χ1) is 13.6. The van der Waals surface area contributed by atoms with Crippen molar-refractivity contribution in [3.05, 3.63) is 59.0 Å². The maximum atomic E-state index is 12.7. The molecule has 2 aliphatic rings. The lowest BCUT2D eigenvalue weighted by molar-refractivity contribution is -0.131. The van der Waals surface area contributed by atoms with Crippen molar-refractivity contribution >= 4 is 5.91 Å². The predicted octanol–water partition coefficient (Wildman–Crippen LogP) is 4.38. The zero-order valence-electron chi connectivity index (χ0n) is 17.2. The molecule has 1 saturated heterocycles. The maximum Gasteiger partial charge on any atom is 0.223 e. The van der Waals surface area contributed by atoms with Gasteiger partial charge in [-0.05, 0) is 48.9 Å². The zero-order valence-corrected chi connectivity index (χ0v) is 17.2. The Morgan fingerprint density at radius 1 is 1.11 bits per heavy atom. The second kappa shape index (κ2) is 8.52. The van der Waals surface area contributed by atoms with Crippen LogP contribution in [0.1, 0.15) is 54.8 Å². The van der Waals surface area contributed by atoms with E-state index in [1.807, 2.05) is 4.90 Å². The van der Waals surface area contributed by atoms with Crippen molar-refractivity contribution in [3.63, 3.8) is 0 Å². The lowest BCUT2D eigenvalue weighted by Gasteiger charge is -2.22. The Hall–Kier alpha value is -2.07. The Morgan fingerprint density at radius 2 is 1.93 bits per heavy atom. The van der Waals surface area contributed by atoms with Crippen molar-refractivity contribution in [3.8, 4) is 0 Å². The number of rotatable bonds is 6. The van der Waals surface area contributed by atoms with E-state index in [0.717, 1.165) is 56.6 Å². The van der Waals surface area contributed by atoms with Crippen LogP contribution in [0.25, 0.3) is 0 Å². The smallest absolute Gasteiger partial charge is 0.223 e. The Morgan fingerprint density at radius 3 is 2.71 bits per heavy atom. The van der Waals surface area contributed by atoms with Crippen molar-refractivity contribution in [2.45, 2.75) is 52.0 Å². The van der Waals surface area contributed by atoms with Crippen LogP contribution in [0.5, 0.6) is 0 Å². The molecular formula is C24H32N2O2. The molecule has 2 heterocycles. The lowest BCUT2D eigenvalue weighted by Crippen LogP contribution is -2.35. The minimum atomic E-state index is 0.260. The number of hydrogen-bond acceptors (Lipinski definition) is 3. The first-order valence-electron chi connectivity index (χ1n) is 10.7. The normalized spacial score (nSPS) is 22.9. The average molecular weight is 381 g/mol. The van der Waals surface area contributed by atoms with Gasteiger partial charge in [-0.25, -0.2) is 0 Å². The predicted molar refractivity (Wildman–Crippen MR) is 111 cm³/mol. The molecule has 0 N–H and O–H groups in total. The van der Waals surface area contributed by atoms with E-state index < -0.39 is 0 Å². The summed E-state index contributed by atoms with van der Waals surface area (Å²) in [6.07, 6.45) is 3.54. The number of benzene rings is 1. The van der Waals surface area contributed by atoms with Gasteiger partial charge in [0, 0.05) is 51.5 Å². The standard InChI is InChI=1S/C24H32N2O2/c1-18-6-3-4-7-20(18)17-25-12-5-13-26(15-14-25)24(27)11-9-21-8-10-23(28-21)22-16-19(22)2/h3-4,6-8,10,19,22H,5,9,11-17H2,1-2H3. The Kier molecular flexibility index (Phi) is 5.86. The number of furan rings is 1. The molecule has 1 aromatic heterocycles. The topological polar surface area (TPSA) is 36.7 Å². The van der Waals surface area contributed by atoms with Crippen LogP contribution in [-0.2, 0) is 17.8 Å². The van der Waals surface area contributed by atoms with E-state index in [2.05, 4.69) is 55.1 Å². The van der Waals surface area contributed by atoms with E-state index in [4.69, 9.17) is 4.42 Å². The first kappa shape index (κ1) is 19.3. The van der Waals surface area contributed by atoms with Crippen LogP contribution in [0.15, 0.2) is 40.8 Å². The van der Waals surface area contributed by atoms with Crippen LogP contribution in [0.4, 0.5) is 0 Å². The molecule has 4 rings (SSSR count). The monoisotopic (exact) mass is 380 g/mol. The highest BCUT2D eigenvalue weighted by atomic mass is 16.3. The molecule has 1 aliphatic heterocycles. The number of carbonyl (C=O) groups is 1. The quantitative estimate of drug-likeness (QED) is 0.746. The average Bonchev–Trinajstić information content (AvgIpc) is 3.31. The summed E-state index contributed by atoms with van der Waals surface area (Å²) >= 11 is 0. The third-order valence-corrected chi connectivity index (χ3v) is 6.34. The Labute approximate surface area is 168 Å². The van der Waals surface area contributed by atoms with Crippen molar-refractivity contribution in [2.75, 3.05) is 26.2 Å². The van der Waals surface area contributed by atoms with Crippen LogP contribution in [0, 0.1) is 12.8 Å². The molecule has 0 radical (unpaired) electrons. The molecule has 2 atom stereocenters. The van der Waals surface area contributed by atoms with Gasteiger partial charge in [0.25, 0.3) is 0 Å². The largest absolute Gasteiger partial charge is 0.466 e. The molecule has 1 aromatic carbocycles. The van der Waals surface area contributed by atoms with Crippen LogP contribution >= 0.6 is 0 Å². The highest BCUT2D eigenvalue weighted by Crippen LogP contribution is 2.47. The van der Waals surface area contributed by atoms with Gasteiger partial charge in [-0.15, -0.1) is 0 Å². The molecule has 1 saturated carbocycles. The highest BCUT2D eigenvalue weighted by molar-refractivity contribution is 5.76. The number of hydrogen-bond donors (Lipinski definition) is 0. The Balaban J connectivity index is 1.25. The summed E-state index contributed by atoms with van der Waals surface area (Å²) in [6.45, 7) is 9.11. The van der Waals surface area contributed by atoms with Gasteiger partial charge in [0.15, 0.2) is 0 Å². The van der Waals surface area contributed by atoms with Gasteiger partial charge in [-0.2, -0.15) is 0 Å². The Bertz CT molecular complexity index is 812. The summed E-state index contributed by atoms with van der Waals surface area (Å²) in [7, 11) is 0. The minimum Gasteiger partial charge on any atom is -0.466 e. The lowest BCUT2D eigenvalue weighted by atomic mass is 10.1. The second-order valence-electron chi connectivity index (χ2n) is 8.56. The van der Waals surface area contributed by atoms with Crippen molar-refractivity contribution in [2.24, 2.45) is 5.92 Å². The van der Waals surface area contributed by atoms with E-state index in [-0.39, 0.29) is 5.91 Å². The molecule has 1 amide bonds. The van der Waals surface area contributed by atoms with Crippen LogP contribution in [0.2, 0.25) is 0 Å². The van der Waals surface area contributed by atoms with Crippen LogP contribution in [0.3, 0.4) is 0 Å². The molecule has 28 heavy (non-hydrogen) atoms. The number of aryl methyl sites for hydroxylation is 2.